The van der Waals surface area contributed by atoms with Crippen LogP contribution in [0.4, 0.5) is 0 Å². The Labute approximate surface area is 205 Å². The molecule has 0 saturated carbocycles. The fourth-order valence-corrected chi connectivity index (χ4v) is 4.70. The zero-order valence-electron chi connectivity index (χ0n) is 20.1. The minimum absolute atomic E-state index is 0.183. The van der Waals surface area contributed by atoms with Crippen molar-refractivity contribution in [3.05, 3.63) is 53.6 Å². The van der Waals surface area contributed by atoms with Crippen molar-refractivity contribution >= 4 is 22.0 Å². The highest BCUT2D eigenvalue weighted by atomic mass is 32.2. The molecule has 11 heteroatoms. The first-order valence-electron chi connectivity index (χ1n) is 11.1. The maximum Gasteiger partial charge on any atom is 0.414 e. The van der Waals surface area contributed by atoms with Crippen LogP contribution in [0.1, 0.15) is 24.5 Å². The number of sulfonamides is 1. The number of carbonyl (C=O) groups is 2. The Kier molecular flexibility index (Phi) is 10.5. The molecular formula is C24H32N2O8S. The van der Waals surface area contributed by atoms with Crippen LogP contribution in [0.5, 0.6) is 11.5 Å². The summed E-state index contributed by atoms with van der Waals surface area (Å²) in [4.78, 5) is 20.8. The molecule has 0 radical (unpaired) electrons. The van der Waals surface area contributed by atoms with Crippen molar-refractivity contribution in [1.82, 2.24) is 9.62 Å². The van der Waals surface area contributed by atoms with Crippen LogP contribution in [0.15, 0.2) is 47.4 Å². The Morgan fingerprint density at radius 2 is 1.77 bits per heavy atom. The lowest BCUT2D eigenvalue weighted by atomic mass is 10.00. The van der Waals surface area contributed by atoms with Gasteiger partial charge in [-0.05, 0) is 50.6 Å². The summed E-state index contributed by atoms with van der Waals surface area (Å²) in [6.07, 6.45) is 1.81. The van der Waals surface area contributed by atoms with E-state index in [-0.39, 0.29) is 6.04 Å². The van der Waals surface area contributed by atoms with Crippen LogP contribution in [0.25, 0.3) is 0 Å². The van der Waals surface area contributed by atoms with Gasteiger partial charge in [0.25, 0.3) is 0 Å². The van der Waals surface area contributed by atoms with Gasteiger partial charge >= 0.3 is 11.9 Å². The van der Waals surface area contributed by atoms with Gasteiger partial charge in [0, 0.05) is 24.7 Å². The molecule has 1 heterocycles. The molecule has 0 saturated heterocycles. The molecular weight excluding hydrogens is 476 g/mol. The molecule has 3 N–H and O–H groups in total. The second-order valence-corrected chi connectivity index (χ2v) is 9.73. The number of aliphatic carboxylic acids is 2. The molecule has 0 spiro atoms. The average molecular weight is 509 g/mol. The topological polar surface area (TPSA) is 142 Å². The van der Waals surface area contributed by atoms with Crippen molar-refractivity contribution in [3.63, 3.8) is 0 Å². The van der Waals surface area contributed by atoms with E-state index in [0.29, 0.717) is 24.6 Å². The Balaban J connectivity index is 0.000000641. The number of fused-ring (bicyclic) bond motifs is 1. The minimum atomic E-state index is -3.51. The molecule has 1 aliphatic heterocycles. The average Bonchev–Trinajstić information content (AvgIpc) is 2.83. The van der Waals surface area contributed by atoms with Gasteiger partial charge < -0.3 is 19.7 Å². The van der Waals surface area contributed by atoms with Gasteiger partial charge in [-0.1, -0.05) is 30.7 Å². The molecule has 2 aromatic rings. The highest BCUT2D eigenvalue weighted by Gasteiger charge is 2.27. The van der Waals surface area contributed by atoms with E-state index in [1.54, 1.807) is 19.2 Å². The highest BCUT2D eigenvalue weighted by Crippen LogP contribution is 2.33. The van der Waals surface area contributed by atoms with Crippen LogP contribution < -0.4 is 14.2 Å². The second kappa shape index (κ2) is 13.1. The molecule has 0 fully saturated rings. The zero-order chi connectivity index (χ0) is 26.0. The summed E-state index contributed by atoms with van der Waals surface area (Å²) in [7, 11) is -1.84. The molecule has 0 amide bonds. The molecule has 1 unspecified atom stereocenters. The van der Waals surface area contributed by atoms with Crippen LogP contribution in [-0.4, -0.2) is 74.9 Å². The molecule has 2 aromatic carbocycles. The third-order valence-corrected chi connectivity index (χ3v) is 6.89. The number of aryl methyl sites for hydroxylation is 1. The molecule has 3 rings (SSSR count). The quantitative estimate of drug-likeness (QED) is 0.434. The van der Waals surface area contributed by atoms with Crippen LogP contribution in [0, 0.1) is 6.92 Å². The van der Waals surface area contributed by atoms with E-state index in [9.17, 15) is 8.42 Å². The number of carboxylic acids is 2. The van der Waals surface area contributed by atoms with Crippen LogP contribution in [0.3, 0.4) is 0 Å². The van der Waals surface area contributed by atoms with Gasteiger partial charge in [0.05, 0.1) is 12.0 Å². The lowest BCUT2D eigenvalue weighted by molar-refractivity contribution is -0.159. The maximum absolute atomic E-state index is 12.5. The zero-order valence-corrected chi connectivity index (χ0v) is 20.9. The number of ether oxygens (including phenoxy) is 2. The summed E-state index contributed by atoms with van der Waals surface area (Å²) >= 11 is 0. The van der Waals surface area contributed by atoms with Crippen molar-refractivity contribution in [2.45, 2.75) is 37.6 Å². The van der Waals surface area contributed by atoms with Crippen molar-refractivity contribution in [3.8, 4) is 11.5 Å². The normalized spacial score (nSPS) is 14.8. The Bertz CT molecular complexity index is 1080. The number of hydrogen-bond donors (Lipinski definition) is 3. The number of rotatable bonds is 9. The van der Waals surface area contributed by atoms with E-state index in [1.165, 1.54) is 0 Å². The fraction of sp³-hybridized carbons (Fsp3) is 0.417. The first-order chi connectivity index (χ1) is 16.6. The summed E-state index contributed by atoms with van der Waals surface area (Å²) in [5.41, 5.74) is 2.11. The minimum Gasteiger partial charge on any atom is -0.496 e. The Morgan fingerprint density at radius 3 is 2.34 bits per heavy atom. The smallest absolute Gasteiger partial charge is 0.414 e. The predicted octanol–water partition coefficient (Wildman–Crippen LogP) is 2.15. The number of benzene rings is 2. The van der Waals surface area contributed by atoms with Crippen LogP contribution in [0.2, 0.25) is 0 Å². The third-order valence-electron chi connectivity index (χ3n) is 5.41. The largest absolute Gasteiger partial charge is 0.496 e. The first-order valence-corrected chi connectivity index (χ1v) is 12.6. The summed E-state index contributed by atoms with van der Waals surface area (Å²) < 4.78 is 39.3. The SMILES string of the molecule is CCCN(CCNS(=O)(=O)c1ccc(C)cc1)C1COc2cccc(OC)c2C1.O=C(O)C(=O)O. The number of nitrogens with one attached hydrogen (secondary N) is 1. The molecule has 35 heavy (non-hydrogen) atoms. The summed E-state index contributed by atoms with van der Waals surface area (Å²) in [6.45, 7) is 6.51. The highest BCUT2D eigenvalue weighted by molar-refractivity contribution is 7.89. The van der Waals surface area contributed by atoms with Gasteiger partial charge in [0.1, 0.15) is 18.1 Å². The van der Waals surface area contributed by atoms with E-state index >= 15 is 0 Å². The number of carboxylic acid groups (broad SMARTS) is 2. The van der Waals surface area contributed by atoms with E-state index in [2.05, 4.69) is 16.5 Å². The molecule has 192 valence electrons. The molecule has 1 aliphatic rings. The Hall–Kier alpha value is -3.15. The van der Waals surface area contributed by atoms with Crippen molar-refractivity contribution in [1.29, 1.82) is 0 Å². The molecule has 0 bridgehead atoms. The van der Waals surface area contributed by atoms with Crippen molar-refractivity contribution < 1.29 is 37.7 Å². The van der Waals surface area contributed by atoms with E-state index in [1.807, 2.05) is 37.3 Å². The lowest BCUT2D eigenvalue weighted by Crippen LogP contribution is -2.46. The summed E-state index contributed by atoms with van der Waals surface area (Å²) in [5, 5.41) is 14.8. The van der Waals surface area contributed by atoms with Crippen molar-refractivity contribution in [2.75, 3.05) is 33.4 Å². The number of methoxy groups -OCH3 is 1. The monoisotopic (exact) mass is 508 g/mol. The van der Waals surface area contributed by atoms with E-state index < -0.39 is 22.0 Å². The summed E-state index contributed by atoms with van der Waals surface area (Å²) in [6, 6.07) is 12.9. The third kappa shape index (κ3) is 8.23. The van der Waals surface area contributed by atoms with Gasteiger partial charge in [0.2, 0.25) is 10.0 Å². The second-order valence-electron chi connectivity index (χ2n) is 7.96. The molecule has 0 aliphatic carbocycles. The van der Waals surface area contributed by atoms with Gasteiger partial charge in [-0.3, -0.25) is 4.90 Å². The number of hydrogen-bond acceptors (Lipinski definition) is 7. The van der Waals surface area contributed by atoms with Gasteiger partial charge in [-0.2, -0.15) is 0 Å². The fourth-order valence-electron chi connectivity index (χ4n) is 3.68. The Morgan fingerprint density at radius 1 is 1.11 bits per heavy atom. The standard InChI is InChI=1S/C22H30N2O4S.C2H2O4/c1-4-13-24(14-12-23-29(25,26)19-10-8-17(2)9-11-19)18-15-20-21(27-3)6-5-7-22(20)28-16-18;3-1(4)2(5)6/h5-11,18,23H,4,12-16H2,1-3H3;(H,3,4)(H,5,6). The molecule has 1 atom stereocenters. The first kappa shape index (κ1) is 28.1. The van der Waals surface area contributed by atoms with Crippen LogP contribution in [-0.2, 0) is 26.0 Å². The van der Waals surface area contributed by atoms with Crippen LogP contribution >= 0.6 is 0 Å². The lowest BCUT2D eigenvalue weighted by Gasteiger charge is -2.35. The van der Waals surface area contributed by atoms with Gasteiger partial charge in [-0.15, -0.1) is 0 Å². The predicted molar refractivity (Wildman–Crippen MR) is 129 cm³/mol. The number of nitrogens with zero attached hydrogens (tertiary/aromatic N) is 1. The maximum atomic E-state index is 12.5. The molecule has 10 nitrogen and oxygen atoms in total. The van der Waals surface area contributed by atoms with E-state index in [0.717, 1.165) is 42.0 Å². The van der Waals surface area contributed by atoms with E-state index in [4.69, 9.17) is 29.3 Å². The van der Waals surface area contributed by atoms with Crippen molar-refractivity contribution in [2.24, 2.45) is 0 Å². The van der Waals surface area contributed by atoms with Gasteiger partial charge in [0.15, 0.2) is 0 Å². The van der Waals surface area contributed by atoms with Gasteiger partial charge in [-0.25, -0.2) is 22.7 Å². The molecule has 0 aromatic heterocycles. The summed E-state index contributed by atoms with van der Waals surface area (Å²) in [5.74, 6) is -1.94.